The Labute approximate surface area is 164 Å². The molecule has 1 saturated heterocycles. The molecule has 1 aliphatic heterocycles. The first-order valence-corrected chi connectivity index (χ1v) is 8.97. The number of rotatable bonds is 7. The van der Waals surface area contributed by atoms with Crippen molar-refractivity contribution >= 4 is 35.8 Å². The van der Waals surface area contributed by atoms with Crippen LogP contribution in [0.5, 0.6) is 0 Å². The summed E-state index contributed by atoms with van der Waals surface area (Å²) in [6.07, 6.45) is 0. The van der Waals surface area contributed by atoms with Crippen LogP contribution in [0.25, 0.3) is 0 Å². The Kier molecular flexibility index (Phi) is 12.4. The summed E-state index contributed by atoms with van der Waals surface area (Å²) >= 11 is 0. The minimum Gasteiger partial charge on any atom is -0.357 e. The highest BCUT2D eigenvalue weighted by atomic mass is 127. The lowest BCUT2D eigenvalue weighted by Crippen LogP contribution is -2.53. The number of piperazine rings is 1. The fraction of sp³-hybridized carbons (Fsp3) is 0.882. The third-order valence-electron chi connectivity index (χ3n) is 3.83. The lowest BCUT2D eigenvalue weighted by molar-refractivity contribution is -0.123. The SMILES string of the molecule is CCNC(=NCCNC(=O)C(C)C)N1CCN(CC(C)C)CC1.I. The smallest absolute Gasteiger partial charge is 0.222 e. The predicted molar refractivity (Wildman–Crippen MR) is 112 cm³/mol. The molecule has 0 aliphatic carbocycles. The first kappa shape index (κ1) is 23.4. The van der Waals surface area contributed by atoms with E-state index in [1.165, 1.54) is 6.54 Å². The Bertz CT molecular complexity index is 379. The van der Waals surface area contributed by atoms with Crippen LogP contribution >= 0.6 is 24.0 Å². The molecule has 0 aromatic rings. The van der Waals surface area contributed by atoms with Gasteiger partial charge >= 0.3 is 0 Å². The van der Waals surface area contributed by atoms with E-state index in [-0.39, 0.29) is 35.8 Å². The largest absolute Gasteiger partial charge is 0.357 e. The summed E-state index contributed by atoms with van der Waals surface area (Å²) in [5, 5.41) is 6.27. The zero-order chi connectivity index (χ0) is 17.2. The second-order valence-electron chi connectivity index (χ2n) is 6.86. The van der Waals surface area contributed by atoms with Gasteiger partial charge in [-0.15, -0.1) is 24.0 Å². The van der Waals surface area contributed by atoms with E-state index in [1.54, 1.807) is 0 Å². The molecule has 142 valence electrons. The standard InChI is InChI=1S/C17H35N5O.HI/c1-6-18-17(20-8-7-19-16(23)15(4)5)22-11-9-21(10-12-22)13-14(2)3;/h14-15H,6-13H2,1-5H3,(H,18,20)(H,19,23);1H. The number of carbonyl (C=O) groups excluding carboxylic acids is 1. The maximum atomic E-state index is 11.5. The van der Waals surface area contributed by atoms with E-state index in [0.717, 1.165) is 38.7 Å². The minimum atomic E-state index is 0. The van der Waals surface area contributed by atoms with Crippen molar-refractivity contribution in [2.24, 2.45) is 16.8 Å². The van der Waals surface area contributed by atoms with E-state index in [9.17, 15) is 4.79 Å². The number of nitrogens with one attached hydrogen (secondary N) is 2. The predicted octanol–water partition coefficient (Wildman–Crippen LogP) is 1.62. The summed E-state index contributed by atoms with van der Waals surface area (Å²) in [6, 6.07) is 0. The Morgan fingerprint density at radius 3 is 2.21 bits per heavy atom. The molecule has 0 bridgehead atoms. The maximum absolute atomic E-state index is 11.5. The third-order valence-corrected chi connectivity index (χ3v) is 3.83. The molecule has 1 heterocycles. The molecular weight excluding hydrogens is 417 g/mol. The van der Waals surface area contributed by atoms with Gasteiger partial charge in [-0.05, 0) is 12.8 Å². The molecule has 6 nitrogen and oxygen atoms in total. The van der Waals surface area contributed by atoms with Crippen molar-refractivity contribution in [1.29, 1.82) is 0 Å². The van der Waals surface area contributed by atoms with Crippen LogP contribution in [0.4, 0.5) is 0 Å². The van der Waals surface area contributed by atoms with E-state index >= 15 is 0 Å². The highest BCUT2D eigenvalue weighted by molar-refractivity contribution is 14.0. The Morgan fingerprint density at radius 1 is 1.08 bits per heavy atom. The van der Waals surface area contributed by atoms with Crippen LogP contribution in [0.2, 0.25) is 0 Å². The van der Waals surface area contributed by atoms with Crippen LogP contribution in [0.1, 0.15) is 34.6 Å². The van der Waals surface area contributed by atoms with Gasteiger partial charge in [0.05, 0.1) is 6.54 Å². The van der Waals surface area contributed by atoms with Crippen molar-refractivity contribution in [1.82, 2.24) is 20.4 Å². The monoisotopic (exact) mass is 453 g/mol. The Hall–Kier alpha value is -0.570. The van der Waals surface area contributed by atoms with Crippen molar-refractivity contribution in [3.63, 3.8) is 0 Å². The number of hydrogen-bond donors (Lipinski definition) is 2. The second-order valence-corrected chi connectivity index (χ2v) is 6.86. The number of guanidine groups is 1. The quantitative estimate of drug-likeness (QED) is 0.266. The molecule has 0 radical (unpaired) electrons. The average molecular weight is 453 g/mol. The van der Waals surface area contributed by atoms with Crippen LogP contribution in [0.3, 0.4) is 0 Å². The summed E-state index contributed by atoms with van der Waals surface area (Å²) in [7, 11) is 0. The second kappa shape index (κ2) is 12.7. The highest BCUT2D eigenvalue weighted by Gasteiger charge is 2.19. The van der Waals surface area contributed by atoms with E-state index in [4.69, 9.17) is 0 Å². The molecule has 0 unspecified atom stereocenters. The third kappa shape index (κ3) is 9.05. The Morgan fingerprint density at radius 2 is 1.71 bits per heavy atom. The minimum absolute atomic E-state index is 0. The number of nitrogens with zero attached hydrogens (tertiary/aromatic N) is 3. The Balaban J connectivity index is 0.00000529. The summed E-state index contributed by atoms with van der Waals surface area (Å²) in [4.78, 5) is 21.0. The maximum Gasteiger partial charge on any atom is 0.222 e. The van der Waals surface area contributed by atoms with Gasteiger partial charge in [-0.1, -0.05) is 27.7 Å². The average Bonchev–Trinajstić information content (AvgIpc) is 2.50. The molecule has 1 fully saturated rings. The highest BCUT2D eigenvalue weighted by Crippen LogP contribution is 2.05. The summed E-state index contributed by atoms with van der Waals surface area (Å²) in [5.74, 6) is 1.80. The molecule has 24 heavy (non-hydrogen) atoms. The van der Waals surface area contributed by atoms with E-state index < -0.39 is 0 Å². The van der Waals surface area contributed by atoms with Crippen molar-refractivity contribution < 1.29 is 4.79 Å². The summed E-state index contributed by atoms with van der Waals surface area (Å²) in [5.41, 5.74) is 0. The number of carbonyl (C=O) groups is 1. The lowest BCUT2D eigenvalue weighted by atomic mass is 10.2. The van der Waals surface area contributed by atoms with Gasteiger partial charge < -0.3 is 15.5 Å². The van der Waals surface area contributed by atoms with Crippen molar-refractivity contribution in [2.45, 2.75) is 34.6 Å². The van der Waals surface area contributed by atoms with E-state index in [2.05, 4.69) is 46.2 Å². The molecule has 0 aromatic carbocycles. The number of amides is 1. The fourth-order valence-electron chi connectivity index (χ4n) is 2.63. The molecule has 2 N–H and O–H groups in total. The molecule has 7 heteroatoms. The first-order chi connectivity index (χ1) is 10.9. The van der Waals surface area contributed by atoms with Gasteiger partial charge in [0.15, 0.2) is 5.96 Å². The summed E-state index contributed by atoms with van der Waals surface area (Å²) in [6.45, 7) is 17.9. The van der Waals surface area contributed by atoms with Crippen LogP contribution in [-0.4, -0.2) is 74.0 Å². The molecule has 1 amide bonds. The molecule has 0 saturated carbocycles. The van der Waals surface area contributed by atoms with E-state index in [1.807, 2.05) is 13.8 Å². The van der Waals surface area contributed by atoms with Gasteiger partial charge in [0.1, 0.15) is 0 Å². The molecule has 0 aromatic heterocycles. The first-order valence-electron chi connectivity index (χ1n) is 8.97. The van der Waals surface area contributed by atoms with E-state index in [0.29, 0.717) is 19.0 Å². The lowest BCUT2D eigenvalue weighted by Gasteiger charge is -2.37. The van der Waals surface area contributed by atoms with Gasteiger partial charge in [-0.3, -0.25) is 14.7 Å². The van der Waals surface area contributed by atoms with Crippen molar-refractivity contribution in [3.05, 3.63) is 0 Å². The van der Waals surface area contributed by atoms with Crippen LogP contribution in [0.15, 0.2) is 4.99 Å². The van der Waals surface area contributed by atoms with Crippen LogP contribution in [-0.2, 0) is 4.79 Å². The zero-order valence-corrected chi connectivity index (χ0v) is 18.3. The van der Waals surface area contributed by atoms with Gasteiger partial charge in [0, 0.05) is 51.7 Å². The molecular formula is C17H36IN5O. The normalized spacial score (nSPS) is 16.3. The van der Waals surface area contributed by atoms with Crippen molar-refractivity contribution in [2.75, 3.05) is 52.4 Å². The van der Waals surface area contributed by atoms with Crippen LogP contribution < -0.4 is 10.6 Å². The van der Waals surface area contributed by atoms with Crippen molar-refractivity contribution in [3.8, 4) is 0 Å². The molecule has 0 spiro atoms. The molecule has 0 atom stereocenters. The fourth-order valence-corrected chi connectivity index (χ4v) is 2.63. The zero-order valence-electron chi connectivity index (χ0n) is 16.0. The number of halogens is 1. The molecule has 1 aliphatic rings. The van der Waals surface area contributed by atoms with Gasteiger partial charge in [0.2, 0.25) is 5.91 Å². The van der Waals surface area contributed by atoms with Gasteiger partial charge in [0.25, 0.3) is 0 Å². The van der Waals surface area contributed by atoms with Crippen LogP contribution in [0, 0.1) is 11.8 Å². The molecule has 1 rings (SSSR count). The topological polar surface area (TPSA) is 60.0 Å². The number of aliphatic imine (C=N–C) groups is 1. The van der Waals surface area contributed by atoms with Gasteiger partial charge in [-0.25, -0.2) is 0 Å². The summed E-state index contributed by atoms with van der Waals surface area (Å²) < 4.78 is 0. The number of hydrogen-bond acceptors (Lipinski definition) is 3. The van der Waals surface area contributed by atoms with Gasteiger partial charge in [-0.2, -0.15) is 0 Å².